The smallest absolute Gasteiger partial charge is 0.303 e. The highest BCUT2D eigenvalue weighted by Crippen LogP contribution is 2.28. The summed E-state index contributed by atoms with van der Waals surface area (Å²) in [5.41, 5.74) is 0. The van der Waals surface area contributed by atoms with Gasteiger partial charge in [-0.1, -0.05) is 45.4 Å². The van der Waals surface area contributed by atoms with Crippen molar-refractivity contribution in [3.8, 4) is 0 Å². The fourth-order valence-corrected chi connectivity index (χ4v) is 4.63. The van der Waals surface area contributed by atoms with E-state index in [0.29, 0.717) is 19.3 Å². The number of hydrogen-bond acceptors (Lipinski definition) is 4. The summed E-state index contributed by atoms with van der Waals surface area (Å²) in [5, 5.41) is 19.1. The van der Waals surface area contributed by atoms with Crippen LogP contribution < -0.4 is 4.72 Å². The molecule has 0 aromatic carbocycles. The molecule has 0 aromatic heterocycles. The van der Waals surface area contributed by atoms with Crippen LogP contribution in [0, 0.1) is 5.92 Å². The van der Waals surface area contributed by atoms with Crippen LogP contribution in [-0.4, -0.2) is 42.5 Å². The molecule has 1 aliphatic carbocycles. The number of carboxylic acids is 1. The zero-order valence-corrected chi connectivity index (χ0v) is 14.9. The summed E-state index contributed by atoms with van der Waals surface area (Å²) in [6, 6.07) is -0.557. The van der Waals surface area contributed by atoms with Crippen molar-refractivity contribution in [3.05, 3.63) is 0 Å². The quantitative estimate of drug-likeness (QED) is 0.496. The van der Waals surface area contributed by atoms with Gasteiger partial charge in [0.1, 0.15) is 0 Å². The maximum absolute atomic E-state index is 12.1. The minimum absolute atomic E-state index is 0.0753. The SMILES string of the molecule is CCCCCCCCS(=O)(=O)N[C@@H]1CCC[C@H](CC(=O)O)[C@H]1O. The van der Waals surface area contributed by atoms with Gasteiger partial charge in [-0.2, -0.15) is 0 Å². The first-order valence-electron chi connectivity index (χ1n) is 8.75. The lowest BCUT2D eigenvalue weighted by molar-refractivity contribution is -0.139. The second-order valence-electron chi connectivity index (χ2n) is 6.59. The van der Waals surface area contributed by atoms with Crippen LogP contribution >= 0.6 is 0 Å². The van der Waals surface area contributed by atoms with E-state index < -0.39 is 28.1 Å². The Morgan fingerprint density at radius 1 is 1.13 bits per heavy atom. The molecule has 1 saturated carbocycles. The van der Waals surface area contributed by atoms with Crippen LogP contribution in [0.25, 0.3) is 0 Å². The van der Waals surface area contributed by atoms with Gasteiger partial charge >= 0.3 is 5.97 Å². The summed E-state index contributed by atoms with van der Waals surface area (Å²) in [6.45, 7) is 2.14. The lowest BCUT2D eigenvalue weighted by atomic mass is 9.81. The Kier molecular flexibility index (Phi) is 9.09. The Morgan fingerprint density at radius 2 is 1.78 bits per heavy atom. The summed E-state index contributed by atoms with van der Waals surface area (Å²) in [4.78, 5) is 10.8. The topological polar surface area (TPSA) is 104 Å². The molecule has 0 aromatic rings. The molecule has 1 rings (SSSR count). The fraction of sp³-hybridized carbons (Fsp3) is 0.938. The van der Waals surface area contributed by atoms with E-state index in [0.717, 1.165) is 32.1 Å². The van der Waals surface area contributed by atoms with Crippen LogP contribution in [0.3, 0.4) is 0 Å². The van der Waals surface area contributed by atoms with Crippen LogP contribution in [0.1, 0.15) is 71.1 Å². The van der Waals surface area contributed by atoms with Crippen LogP contribution in [0.5, 0.6) is 0 Å². The molecule has 7 heteroatoms. The highest BCUT2D eigenvalue weighted by molar-refractivity contribution is 7.89. The summed E-state index contributed by atoms with van der Waals surface area (Å²) >= 11 is 0. The number of aliphatic hydroxyl groups excluding tert-OH is 1. The molecular weight excluding hydrogens is 318 g/mol. The molecule has 23 heavy (non-hydrogen) atoms. The second-order valence-corrected chi connectivity index (χ2v) is 8.46. The standard InChI is InChI=1S/C16H31NO5S/c1-2-3-4-5-6-7-11-23(21,22)17-14-10-8-9-13(16(14)20)12-15(18)19/h13-14,16-17,20H,2-12H2,1H3,(H,18,19)/t13-,14-,16-/m1/s1. The van der Waals surface area contributed by atoms with Gasteiger partial charge in [-0.05, 0) is 25.2 Å². The van der Waals surface area contributed by atoms with Crippen molar-refractivity contribution in [3.63, 3.8) is 0 Å². The number of aliphatic hydroxyl groups is 1. The Bertz CT molecular complexity index is 451. The van der Waals surface area contributed by atoms with Crippen molar-refractivity contribution in [2.75, 3.05) is 5.75 Å². The number of unbranched alkanes of at least 4 members (excludes halogenated alkanes) is 5. The maximum atomic E-state index is 12.1. The second kappa shape index (κ2) is 10.3. The van der Waals surface area contributed by atoms with Gasteiger partial charge in [0.15, 0.2) is 0 Å². The monoisotopic (exact) mass is 349 g/mol. The summed E-state index contributed by atoms with van der Waals surface area (Å²) < 4.78 is 26.8. The minimum Gasteiger partial charge on any atom is -0.481 e. The third kappa shape index (κ3) is 8.13. The Labute approximate surface area is 139 Å². The normalized spacial score (nSPS) is 25.4. The van der Waals surface area contributed by atoms with Gasteiger partial charge < -0.3 is 10.2 Å². The number of aliphatic carboxylic acids is 1. The molecule has 0 bridgehead atoms. The van der Waals surface area contributed by atoms with Gasteiger partial charge in [0.25, 0.3) is 0 Å². The molecule has 0 saturated heterocycles. The minimum atomic E-state index is -3.42. The van der Waals surface area contributed by atoms with Gasteiger partial charge in [0.2, 0.25) is 10.0 Å². The first kappa shape index (κ1) is 20.4. The number of sulfonamides is 1. The molecule has 1 fully saturated rings. The fourth-order valence-electron chi connectivity index (χ4n) is 3.21. The van der Waals surface area contributed by atoms with E-state index in [1.165, 1.54) is 6.42 Å². The average molecular weight is 349 g/mol. The maximum Gasteiger partial charge on any atom is 0.303 e. The van der Waals surface area contributed by atoms with Crippen molar-refractivity contribution < 1.29 is 23.4 Å². The van der Waals surface area contributed by atoms with E-state index in [2.05, 4.69) is 11.6 Å². The highest BCUT2D eigenvalue weighted by Gasteiger charge is 2.35. The molecule has 0 heterocycles. The van der Waals surface area contributed by atoms with Crippen LogP contribution in [0.2, 0.25) is 0 Å². The lowest BCUT2D eigenvalue weighted by Crippen LogP contribution is -2.49. The molecule has 0 amide bonds. The summed E-state index contributed by atoms with van der Waals surface area (Å²) in [5.74, 6) is -1.25. The van der Waals surface area contributed by atoms with E-state index in [1.807, 2.05) is 0 Å². The Hall–Kier alpha value is -0.660. The van der Waals surface area contributed by atoms with Crippen LogP contribution in [-0.2, 0) is 14.8 Å². The van der Waals surface area contributed by atoms with E-state index >= 15 is 0 Å². The van der Waals surface area contributed by atoms with E-state index in [9.17, 15) is 18.3 Å². The van der Waals surface area contributed by atoms with Crippen molar-refractivity contribution >= 4 is 16.0 Å². The highest BCUT2D eigenvalue weighted by atomic mass is 32.2. The number of hydrogen-bond donors (Lipinski definition) is 3. The zero-order chi connectivity index (χ0) is 17.3. The van der Waals surface area contributed by atoms with Gasteiger partial charge in [-0.15, -0.1) is 0 Å². The first-order chi connectivity index (χ1) is 10.9. The largest absolute Gasteiger partial charge is 0.481 e. The van der Waals surface area contributed by atoms with Gasteiger partial charge in [-0.25, -0.2) is 13.1 Å². The first-order valence-corrected chi connectivity index (χ1v) is 10.4. The molecule has 0 spiro atoms. The molecule has 3 N–H and O–H groups in total. The molecule has 1 aliphatic rings. The third-order valence-corrected chi connectivity index (χ3v) is 6.01. The predicted octanol–water partition coefficient (Wildman–Crippen LogP) is 2.27. The van der Waals surface area contributed by atoms with E-state index in [1.54, 1.807) is 0 Å². The van der Waals surface area contributed by atoms with Crippen molar-refractivity contribution in [1.29, 1.82) is 0 Å². The van der Waals surface area contributed by atoms with Crippen molar-refractivity contribution in [2.24, 2.45) is 5.92 Å². The van der Waals surface area contributed by atoms with E-state index in [4.69, 9.17) is 5.11 Å². The van der Waals surface area contributed by atoms with E-state index in [-0.39, 0.29) is 18.1 Å². The Morgan fingerprint density at radius 3 is 2.43 bits per heavy atom. The molecule has 3 atom stereocenters. The predicted molar refractivity (Wildman–Crippen MR) is 89.7 cm³/mol. The number of rotatable bonds is 11. The third-order valence-electron chi connectivity index (χ3n) is 4.52. The van der Waals surface area contributed by atoms with Crippen LogP contribution in [0.4, 0.5) is 0 Å². The number of carbonyl (C=O) groups is 1. The number of nitrogens with one attached hydrogen (secondary N) is 1. The van der Waals surface area contributed by atoms with Crippen LogP contribution in [0.15, 0.2) is 0 Å². The van der Waals surface area contributed by atoms with Gasteiger partial charge in [0.05, 0.1) is 18.3 Å². The molecule has 136 valence electrons. The lowest BCUT2D eigenvalue weighted by Gasteiger charge is -2.34. The Balaban J connectivity index is 2.38. The number of carboxylic acid groups (broad SMARTS) is 1. The summed E-state index contributed by atoms with van der Waals surface area (Å²) in [6.07, 6.45) is 6.96. The molecular formula is C16H31NO5S. The zero-order valence-electron chi connectivity index (χ0n) is 14.0. The van der Waals surface area contributed by atoms with Gasteiger partial charge in [-0.3, -0.25) is 4.79 Å². The van der Waals surface area contributed by atoms with Crippen molar-refractivity contribution in [2.45, 2.75) is 83.3 Å². The molecule has 0 unspecified atom stereocenters. The average Bonchev–Trinajstić information content (AvgIpc) is 2.46. The van der Waals surface area contributed by atoms with Gasteiger partial charge in [0, 0.05) is 6.04 Å². The van der Waals surface area contributed by atoms with Crippen molar-refractivity contribution in [1.82, 2.24) is 4.72 Å². The summed E-state index contributed by atoms with van der Waals surface area (Å²) in [7, 11) is -3.42. The molecule has 6 nitrogen and oxygen atoms in total. The molecule has 0 radical (unpaired) electrons. The molecule has 0 aliphatic heterocycles.